The van der Waals surface area contributed by atoms with E-state index in [1.165, 1.54) is 11.8 Å². The third kappa shape index (κ3) is 2.77. The molecule has 0 aliphatic carbocycles. The topological polar surface area (TPSA) is 69.9 Å². The summed E-state index contributed by atoms with van der Waals surface area (Å²) >= 11 is 7.14. The summed E-state index contributed by atoms with van der Waals surface area (Å²) in [5, 5.41) is 0. The molecule has 0 N–H and O–H groups in total. The molecule has 178 valence electrons. The number of hydrogen-bond acceptors (Lipinski definition) is 7. The van der Waals surface area contributed by atoms with Crippen molar-refractivity contribution in [3.05, 3.63) is 83.6 Å². The second kappa shape index (κ2) is 7.74. The molecule has 5 heterocycles. The highest BCUT2D eigenvalue weighted by molar-refractivity contribution is 8.25. The Morgan fingerprint density at radius 1 is 1.14 bits per heavy atom. The number of fused-ring (bicyclic) bond motifs is 3. The van der Waals surface area contributed by atoms with Gasteiger partial charge in [-0.05, 0) is 44.3 Å². The molecule has 3 aromatic rings. The van der Waals surface area contributed by atoms with Gasteiger partial charge in [0.05, 0.1) is 12.8 Å². The van der Waals surface area contributed by atoms with Gasteiger partial charge in [0, 0.05) is 42.7 Å². The number of aryl methyl sites for hydroxylation is 1. The smallest absolute Gasteiger partial charge is 0.254 e. The lowest BCUT2D eigenvalue weighted by atomic mass is 9.72. The van der Waals surface area contributed by atoms with Crippen molar-refractivity contribution in [2.24, 2.45) is 0 Å². The average molecular weight is 505 g/mol. The highest BCUT2D eigenvalue weighted by Crippen LogP contribution is 2.66. The predicted octanol–water partition coefficient (Wildman–Crippen LogP) is 3.68. The van der Waals surface area contributed by atoms with Gasteiger partial charge in [-0.2, -0.15) is 0 Å². The van der Waals surface area contributed by atoms with E-state index in [1.54, 1.807) is 35.4 Å². The van der Waals surface area contributed by atoms with Crippen LogP contribution in [0, 0.1) is 6.92 Å². The molecule has 7 nitrogen and oxygen atoms in total. The molecule has 6 rings (SSSR count). The number of nitrogens with zero attached hydrogens (tertiary/aromatic N) is 4. The van der Waals surface area contributed by atoms with Crippen molar-refractivity contribution in [2.75, 3.05) is 25.5 Å². The van der Waals surface area contributed by atoms with Crippen LogP contribution in [0.2, 0.25) is 0 Å². The zero-order valence-electron chi connectivity index (χ0n) is 19.6. The maximum Gasteiger partial charge on any atom is 0.254 e. The van der Waals surface area contributed by atoms with Crippen molar-refractivity contribution in [3.63, 3.8) is 0 Å². The average Bonchev–Trinajstić information content (AvgIpc) is 3.57. The number of likely N-dealkylation sites (N-methyl/N-ethyl adjacent to an activating group) is 2. The Morgan fingerprint density at radius 2 is 1.97 bits per heavy atom. The van der Waals surface area contributed by atoms with E-state index in [9.17, 15) is 9.59 Å². The number of anilines is 1. The third-order valence-corrected chi connectivity index (χ3v) is 9.49. The van der Waals surface area contributed by atoms with Crippen LogP contribution in [-0.4, -0.2) is 56.3 Å². The lowest BCUT2D eigenvalue weighted by Crippen LogP contribution is -2.62. The van der Waals surface area contributed by atoms with E-state index in [1.807, 2.05) is 61.3 Å². The molecule has 9 heteroatoms. The monoisotopic (exact) mass is 504 g/mol. The van der Waals surface area contributed by atoms with Crippen molar-refractivity contribution in [3.8, 4) is 0 Å². The van der Waals surface area contributed by atoms with Crippen molar-refractivity contribution in [2.45, 2.75) is 29.7 Å². The first-order chi connectivity index (χ1) is 16.8. The van der Waals surface area contributed by atoms with Gasteiger partial charge in [0.2, 0.25) is 5.91 Å². The van der Waals surface area contributed by atoms with E-state index < -0.39 is 10.3 Å². The fourth-order valence-corrected chi connectivity index (χ4v) is 8.16. The van der Waals surface area contributed by atoms with Crippen LogP contribution in [0.25, 0.3) is 0 Å². The fourth-order valence-electron chi connectivity index (χ4n) is 6.05. The number of furan rings is 1. The normalized spacial score (nSPS) is 28.2. The number of pyridine rings is 1. The first-order valence-corrected chi connectivity index (χ1v) is 12.6. The summed E-state index contributed by atoms with van der Waals surface area (Å²) in [5.74, 6) is -0.0173. The lowest BCUT2D eigenvalue weighted by Gasteiger charge is -2.42. The predicted molar refractivity (Wildman–Crippen MR) is 138 cm³/mol. The summed E-state index contributed by atoms with van der Waals surface area (Å²) in [6.45, 7) is 2.71. The number of benzene rings is 1. The molecule has 1 aromatic carbocycles. The van der Waals surface area contributed by atoms with Crippen LogP contribution in [-0.2, 0) is 21.7 Å². The fraction of sp³-hybridized carbons (Fsp3) is 0.308. The van der Waals surface area contributed by atoms with Gasteiger partial charge in [-0.1, -0.05) is 47.7 Å². The summed E-state index contributed by atoms with van der Waals surface area (Å²) in [5.41, 5.74) is 2.24. The highest BCUT2D eigenvalue weighted by Gasteiger charge is 2.78. The van der Waals surface area contributed by atoms with Gasteiger partial charge in [0.25, 0.3) is 5.91 Å². The van der Waals surface area contributed by atoms with E-state index in [-0.39, 0.29) is 24.3 Å². The summed E-state index contributed by atoms with van der Waals surface area (Å²) in [7, 11) is 3.71. The van der Waals surface area contributed by atoms with Crippen LogP contribution in [0.15, 0.2) is 65.4 Å². The Hall–Kier alpha value is -3.01. The molecular formula is C26H24N4O3S2. The minimum atomic E-state index is -1.23. The number of rotatable bonds is 3. The SMILES string of the molecule is Cc1ccc2c(c1)C1(C(=O)N2C)N(C)CC(c2ccccn2)C12SC(=S)N(Cc1ccco1)C2=O. The Labute approximate surface area is 213 Å². The summed E-state index contributed by atoms with van der Waals surface area (Å²) in [6, 6.07) is 15.3. The van der Waals surface area contributed by atoms with Crippen LogP contribution in [0.5, 0.6) is 0 Å². The number of amides is 2. The molecule has 35 heavy (non-hydrogen) atoms. The molecule has 2 amide bonds. The van der Waals surface area contributed by atoms with Gasteiger partial charge in [0.1, 0.15) is 14.8 Å². The first kappa shape index (κ1) is 22.5. The minimum Gasteiger partial charge on any atom is -0.467 e. The second-order valence-electron chi connectivity index (χ2n) is 9.36. The lowest BCUT2D eigenvalue weighted by molar-refractivity contribution is -0.139. The molecule has 2 fully saturated rings. The summed E-state index contributed by atoms with van der Waals surface area (Å²) in [4.78, 5) is 39.0. The number of aromatic nitrogens is 1. The number of carbonyl (C=O) groups excluding carboxylic acids is 2. The molecule has 2 aromatic heterocycles. The Morgan fingerprint density at radius 3 is 2.69 bits per heavy atom. The molecule has 3 atom stereocenters. The van der Waals surface area contributed by atoms with Crippen LogP contribution < -0.4 is 4.90 Å². The van der Waals surface area contributed by atoms with E-state index in [0.717, 1.165) is 22.5 Å². The maximum absolute atomic E-state index is 14.7. The van der Waals surface area contributed by atoms with Gasteiger partial charge >= 0.3 is 0 Å². The van der Waals surface area contributed by atoms with Crippen molar-refractivity contribution < 1.29 is 14.0 Å². The molecule has 0 saturated carbocycles. The van der Waals surface area contributed by atoms with Crippen molar-refractivity contribution >= 4 is 45.8 Å². The van der Waals surface area contributed by atoms with E-state index in [4.69, 9.17) is 16.6 Å². The summed E-state index contributed by atoms with van der Waals surface area (Å²) < 4.78 is 4.77. The molecule has 0 radical (unpaired) electrons. The largest absolute Gasteiger partial charge is 0.467 e. The maximum atomic E-state index is 14.7. The van der Waals surface area contributed by atoms with Crippen molar-refractivity contribution in [1.82, 2.24) is 14.8 Å². The molecular weight excluding hydrogens is 480 g/mol. The number of thioether (sulfide) groups is 1. The number of carbonyl (C=O) groups is 2. The van der Waals surface area contributed by atoms with E-state index in [2.05, 4.69) is 4.98 Å². The standard InChI is InChI=1S/C26H24N4O3S2/c1-16-9-10-21-18(13-16)25(22(31)29(21)3)26(19(15-28(25)2)20-8-4-5-11-27-20)23(32)30(24(34)35-26)14-17-7-6-12-33-17/h4-13,19H,14-15H2,1-3H3. The third-order valence-electron chi connectivity index (χ3n) is 7.54. The van der Waals surface area contributed by atoms with Gasteiger partial charge in [-0.25, -0.2) is 0 Å². The zero-order chi connectivity index (χ0) is 24.5. The second-order valence-corrected chi connectivity index (χ2v) is 11.2. The van der Waals surface area contributed by atoms with Crippen LogP contribution in [0.3, 0.4) is 0 Å². The number of thiocarbonyl (C=S) groups is 1. The van der Waals surface area contributed by atoms with Gasteiger partial charge in [-0.15, -0.1) is 0 Å². The first-order valence-electron chi connectivity index (χ1n) is 11.4. The van der Waals surface area contributed by atoms with Crippen LogP contribution >= 0.6 is 24.0 Å². The minimum absolute atomic E-state index is 0.123. The molecule has 3 aliphatic rings. The van der Waals surface area contributed by atoms with E-state index >= 15 is 0 Å². The molecule has 3 aliphatic heterocycles. The quantitative estimate of drug-likeness (QED) is 0.504. The van der Waals surface area contributed by atoms with Gasteiger partial charge in [0.15, 0.2) is 5.54 Å². The van der Waals surface area contributed by atoms with Gasteiger partial charge in [-0.3, -0.25) is 24.4 Å². The Kier molecular flexibility index (Phi) is 4.97. The van der Waals surface area contributed by atoms with Crippen LogP contribution in [0.4, 0.5) is 5.69 Å². The molecule has 2 spiro atoms. The number of hydrogen-bond donors (Lipinski definition) is 0. The molecule has 3 unspecified atom stereocenters. The number of likely N-dealkylation sites (tertiary alicyclic amines) is 1. The Bertz CT molecular complexity index is 1360. The van der Waals surface area contributed by atoms with Crippen molar-refractivity contribution in [1.29, 1.82) is 0 Å². The zero-order valence-corrected chi connectivity index (χ0v) is 21.2. The molecule has 0 bridgehead atoms. The highest BCUT2D eigenvalue weighted by atomic mass is 32.2. The van der Waals surface area contributed by atoms with Gasteiger partial charge < -0.3 is 9.32 Å². The summed E-state index contributed by atoms with van der Waals surface area (Å²) in [6.07, 6.45) is 3.32. The van der Waals surface area contributed by atoms with E-state index in [0.29, 0.717) is 16.6 Å². The van der Waals surface area contributed by atoms with Crippen LogP contribution in [0.1, 0.15) is 28.5 Å². The Balaban J connectivity index is 1.62. The molecule has 2 saturated heterocycles.